The summed E-state index contributed by atoms with van der Waals surface area (Å²) >= 11 is 5.29. The number of ether oxygens (including phenoxy) is 1. The quantitative estimate of drug-likeness (QED) is 0.857. The minimum atomic E-state index is -0.203. The first-order chi connectivity index (χ1) is 11.0. The van der Waals surface area contributed by atoms with Gasteiger partial charge in [0.15, 0.2) is 11.7 Å². The van der Waals surface area contributed by atoms with Gasteiger partial charge in [-0.1, -0.05) is 19.9 Å². The van der Waals surface area contributed by atoms with E-state index in [1.54, 1.807) is 0 Å². The molecule has 1 saturated heterocycles. The van der Waals surface area contributed by atoms with Crippen LogP contribution >= 0.6 is 12.2 Å². The zero-order valence-electron chi connectivity index (χ0n) is 14.2. The number of nitrogens with one attached hydrogen (secondary N) is 1. The lowest BCUT2D eigenvalue weighted by atomic mass is 9.98. The molecule has 1 aliphatic heterocycles. The largest absolute Gasteiger partial charge is 0.484 e. The van der Waals surface area contributed by atoms with E-state index in [9.17, 15) is 4.79 Å². The fourth-order valence-corrected chi connectivity index (χ4v) is 3.16. The number of hydrogen-bond acceptors (Lipinski definition) is 3. The lowest BCUT2D eigenvalue weighted by molar-refractivity contribution is -0.121. The fourth-order valence-electron chi connectivity index (χ4n) is 2.87. The van der Waals surface area contributed by atoms with Crippen molar-refractivity contribution in [1.82, 2.24) is 10.2 Å². The summed E-state index contributed by atoms with van der Waals surface area (Å²) < 4.78 is 5.58. The standard InChI is InChI=1S/C18H26N2O2S/c1-13(2)16-8-7-15(11-14(16)3)22-12-17(21)19-18(23)20-9-5-4-6-10-20/h7-8,11,13H,4-6,9-10,12H2,1-3H3,(H,19,21,23). The molecular formula is C18H26N2O2S. The second-order valence-corrected chi connectivity index (χ2v) is 6.75. The van der Waals surface area contributed by atoms with Crippen molar-refractivity contribution < 1.29 is 9.53 Å². The molecule has 0 atom stereocenters. The van der Waals surface area contributed by atoms with E-state index in [4.69, 9.17) is 17.0 Å². The molecule has 1 aromatic carbocycles. The second-order valence-electron chi connectivity index (χ2n) is 6.36. The highest BCUT2D eigenvalue weighted by molar-refractivity contribution is 7.80. The van der Waals surface area contributed by atoms with Gasteiger partial charge in [0, 0.05) is 13.1 Å². The number of likely N-dealkylation sites (tertiary alicyclic amines) is 1. The molecule has 1 fully saturated rings. The molecule has 1 heterocycles. The summed E-state index contributed by atoms with van der Waals surface area (Å²) in [4.78, 5) is 14.0. The maximum atomic E-state index is 12.0. The van der Waals surface area contributed by atoms with Crippen LogP contribution in [-0.2, 0) is 4.79 Å². The van der Waals surface area contributed by atoms with Crippen LogP contribution in [0.5, 0.6) is 5.75 Å². The molecule has 126 valence electrons. The molecule has 2 rings (SSSR count). The number of hydrogen-bond donors (Lipinski definition) is 1. The van der Waals surface area contributed by atoms with Crippen LogP contribution in [0.3, 0.4) is 0 Å². The smallest absolute Gasteiger partial charge is 0.264 e. The highest BCUT2D eigenvalue weighted by atomic mass is 32.1. The van der Waals surface area contributed by atoms with Gasteiger partial charge in [0.2, 0.25) is 0 Å². The molecule has 4 nitrogen and oxygen atoms in total. The van der Waals surface area contributed by atoms with Crippen LogP contribution in [0.4, 0.5) is 0 Å². The first-order valence-electron chi connectivity index (χ1n) is 8.29. The summed E-state index contributed by atoms with van der Waals surface area (Å²) in [5.41, 5.74) is 2.48. The van der Waals surface area contributed by atoms with Crippen molar-refractivity contribution in [1.29, 1.82) is 0 Å². The third-order valence-electron chi connectivity index (χ3n) is 4.12. The van der Waals surface area contributed by atoms with Crippen molar-refractivity contribution in [3.63, 3.8) is 0 Å². The molecule has 5 heteroatoms. The third-order valence-corrected chi connectivity index (χ3v) is 4.48. The Morgan fingerprint density at radius 1 is 1.30 bits per heavy atom. The van der Waals surface area contributed by atoms with Crippen LogP contribution < -0.4 is 10.1 Å². The highest BCUT2D eigenvalue weighted by Crippen LogP contribution is 2.23. The summed E-state index contributed by atoms with van der Waals surface area (Å²) in [7, 11) is 0. The second kappa shape index (κ2) is 8.29. The van der Waals surface area contributed by atoms with Crippen LogP contribution in [0.2, 0.25) is 0 Å². The van der Waals surface area contributed by atoms with E-state index in [-0.39, 0.29) is 12.5 Å². The van der Waals surface area contributed by atoms with E-state index in [1.165, 1.54) is 17.5 Å². The molecule has 1 aliphatic rings. The maximum absolute atomic E-state index is 12.0. The minimum Gasteiger partial charge on any atom is -0.484 e. The van der Waals surface area contributed by atoms with Gasteiger partial charge in [-0.25, -0.2) is 0 Å². The lowest BCUT2D eigenvalue weighted by Gasteiger charge is -2.28. The van der Waals surface area contributed by atoms with Crippen LogP contribution in [0, 0.1) is 6.92 Å². The van der Waals surface area contributed by atoms with Gasteiger partial charge in [0.1, 0.15) is 5.75 Å². The number of benzene rings is 1. The molecule has 0 saturated carbocycles. The first-order valence-corrected chi connectivity index (χ1v) is 8.70. The van der Waals surface area contributed by atoms with Gasteiger partial charge in [0.25, 0.3) is 5.91 Å². The van der Waals surface area contributed by atoms with Crippen LogP contribution in [0.25, 0.3) is 0 Å². The summed E-state index contributed by atoms with van der Waals surface area (Å²) in [6, 6.07) is 5.95. The molecule has 0 aromatic heterocycles. The topological polar surface area (TPSA) is 41.6 Å². The van der Waals surface area contributed by atoms with E-state index >= 15 is 0 Å². The van der Waals surface area contributed by atoms with E-state index in [0.29, 0.717) is 16.8 Å². The molecule has 0 spiro atoms. The SMILES string of the molecule is Cc1cc(OCC(=O)NC(=S)N2CCCCC2)ccc1C(C)C. The molecular weight excluding hydrogens is 308 g/mol. The van der Waals surface area contributed by atoms with Crippen LogP contribution in [0.1, 0.15) is 50.2 Å². The average molecular weight is 334 g/mol. The Kier molecular flexibility index (Phi) is 6.39. The Bertz CT molecular complexity index is 566. The molecule has 0 radical (unpaired) electrons. The Morgan fingerprint density at radius 3 is 2.61 bits per heavy atom. The molecule has 1 N–H and O–H groups in total. The predicted octanol–water partition coefficient (Wildman–Crippen LogP) is 3.38. The number of rotatable bonds is 4. The first kappa shape index (κ1) is 17.7. The number of carbonyl (C=O) groups excluding carboxylic acids is 1. The number of amides is 1. The molecule has 0 aliphatic carbocycles. The van der Waals surface area contributed by atoms with E-state index in [0.717, 1.165) is 25.9 Å². The monoisotopic (exact) mass is 334 g/mol. The molecule has 0 bridgehead atoms. The molecule has 1 aromatic rings. The Hall–Kier alpha value is -1.62. The highest BCUT2D eigenvalue weighted by Gasteiger charge is 2.15. The van der Waals surface area contributed by atoms with Crippen molar-refractivity contribution >= 4 is 23.2 Å². The predicted molar refractivity (Wildman–Crippen MR) is 96.9 cm³/mol. The van der Waals surface area contributed by atoms with Crippen molar-refractivity contribution in [3.8, 4) is 5.75 Å². The van der Waals surface area contributed by atoms with Gasteiger partial charge in [-0.3, -0.25) is 4.79 Å². The van der Waals surface area contributed by atoms with E-state index in [2.05, 4.69) is 37.1 Å². The molecule has 1 amide bonds. The normalized spacial score (nSPS) is 14.7. The van der Waals surface area contributed by atoms with Crippen molar-refractivity contribution in [2.45, 2.75) is 46.0 Å². The van der Waals surface area contributed by atoms with Crippen LogP contribution in [-0.4, -0.2) is 35.6 Å². The summed E-state index contributed by atoms with van der Waals surface area (Å²) in [6.07, 6.45) is 3.50. The summed E-state index contributed by atoms with van der Waals surface area (Å²) in [5.74, 6) is 0.992. The number of piperidine rings is 1. The van der Waals surface area contributed by atoms with Crippen molar-refractivity contribution in [2.75, 3.05) is 19.7 Å². The summed E-state index contributed by atoms with van der Waals surface area (Å²) in [5, 5.41) is 3.28. The van der Waals surface area contributed by atoms with Gasteiger partial charge in [0.05, 0.1) is 0 Å². The fraction of sp³-hybridized carbons (Fsp3) is 0.556. The number of carbonyl (C=O) groups is 1. The van der Waals surface area contributed by atoms with Gasteiger partial charge in [-0.2, -0.15) is 0 Å². The Balaban J connectivity index is 1.82. The third kappa shape index (κ3) is 5.20. The van der Waals surface area contributed by atoms with Crippen LogP contribution in [0.15, 0.2) is 18.2 Å². The minimum absolute atomic E-state index is 0.0194. The van der Waals surface area contributed by atoms with Gasteiger partial charge in [-0.15, -0.1) is 0 Å². The molecule has 0 unspecified atom stereocenters. The van der Waals surface area contributed by atoms with Crippen molar-refractivity contribution in [2.24, 2.45) is 0 Å². The maximum Gasteiger partial charge on any atom is 0.264 e. The number of thiocarbonyl (C=S) groups is 1. The van der Waals surface area contributed by atoms with Gasteiger partial charge in [-0.05, 0) is 67.6 Å². The molecule has 23 heavy (non-hydrogen) atoms. The van der Waals surface area contributed by atoms with Crippen molar-refractivity contribution in [3.05, 3.63) is 29.3 Å². The Labute approximate surface area is 144 Å². The number of aryl methyl sites for hydroxylation is 1. The zero-order chi connectivity index (χ0) is 16.8. The van der Waals surface area contributed by atoms with Gasteiger partial charge >= 0.3 is 0 Å². The Morgan fingerprint density at radius 2 is 2.00 bits per heavy atom. The number of nitrogens with zero attached hydrogens (tertiary/aromatic N) is 1. The van der Waals surface area contributed by atoms with Gasteiger partial charge < -0.3 is 15.0 Å². The zero-order valence-corrected chi connectivity index (χ0v) is 15.0. The average Bonchev–Trinajstić information content (AvgIpc) is 2.53. The van der Waals surface area contributed by atoms with E-state index in [1.807, 2.05) is 12.1 Å². The van der Waals surface area contributed by atoms with E-state index < -0.39 is 0 Å². The lowest BCUT2D eigenvalue weighted by Crippen LogP contribution is -2.46. The summed E-state index contributed by atoms with van der Waals surface area (Å²) in [6.45, 7) is 8.23.